The average molecular weight is 400 g/mol. The molecule has 4 heterocycles. The molecule has 0 aliphatic carbocycles. The molecule has 4 rings (SSSR count). The minimum Gasteiger partial charge on any atom is -0.477 e. The summed E-state index contributed by atoms with van der Waals surface area (Å²) in [6.07, 6.45) is -1.68. The van der Waals surface area contributed by atoms with Gasteiger partial charge in [-0.3, -0.25) is 0 Å². The fourth-order valence-electron chi connectivity index (χ4n) is 2.61. The number of alkyl halides is 3. The number of nitrogens with zero attached hydrogens (tertiary/aromatic N) is 5. The standard InChI is InChI=1S/C18H11F3N6O2/c19-18(20,21)14-5-1-3-11(24-14)15-25-16(13-4-2-8-27(13)26-15)23-10-6-7-22-12(9-10)17(28)29/h1-9H,(H,28,29)(H,22,23,25,26). The lowest BCUT2D eigenvalue weighted by Gasteiger charge is -2.11. The second-order valence-electron chi connectivity index (χ2n) is 5.89. The van der Waals surface area contributed by atoms with E-state index >= 15 is 0 Å². The van der Waals surface area contributed by atoms with Crippen molar-refractivity contribution in [2.24, 2.45) is 0 Å². The molecule has 2 N–H and O–H groups in total. The third kappa shape index (κ3) is 3.70. The van der Waals surface area contributed by atoms with Gasteiger partial charge < -0.3 is 10.4 Å². The maximum atomic E-state index is 13.0. The molecule has 8 nitrogen and oxygen atoms in total. The zero-order valence-corrected chi connectivity index (χ0v) is 14.4. The Bertz CT molecular complexity index is 1220. The van der Waals surface area contributed by atoms with Gasteiger partial charge in [0.05, 0.1) is 0 Å². The van der Waals surface area contributed by atoms with Gasteiger partial charge in [-0.2, -0.15) is 13.2 Å². The normalized spacial score (nSPS) is 11.6. The van der Waals surface area contributed by atoms with E-state index < -0.39 is 17.8 Å². The third-order valence-corrected chi connectivity index (χ3v) is 3.90. The summed E-state index contributed by atoms with van der Waals surface area (Å²) in [7, 11) is 0. The Morgan fingerprint density at radius 1 is 1.10 bits per heavy atom. The molecule has 0 spiro atoms. The average Bonchev–Trinajstić information content (AvgIpc) is 3.16. The van der Waals surface area contributed by atoms with Gasteiger partial charge in [0.2, 0.25) is 5.82 Å². The van der Waals surface area contributed by atoms with Gasteiger partial charge in [0.25, 0.3) is 0 Å². The molecule has 0 aliphatic rings. The molecular formula is C18H11F3N6O2. The Labute approximate surface area is 160 Å². The highest BCUT2D eigenvalue weighted by atomic mass is 19.4. The lowest BCUT2D eigenvalue weighted by Crippen LogP contribution is -2.10. The smallest absolute Gasteiger partial charge is 0.433 e. The van der Waals surface area contributed by atoms with Crippen LogP contribution < -0.4 is 5.32 Å². The van der Waals surface area contributed by atoms with Crippen LogP contribution >= 0.6 is 0 Å². The summed E-state index contributed by atoms with van der Waals surface area (Å²) in [5.41, 5.74) is -0.354. The number of aromatic nitrogens is 5. The van der Waals surface area contributed by atoms with E-state index in [2.05, 4.69) is 25.4 Å². The molecule has 0 amide bonds. The molecule has 0 bridgehead atoms. The van der Waals surface area contributed by atoms with Gasteiger partial charge in [-0.15, -0.1) is 5.10 Å². The monoisotopic (exact) mass is 400 g/mol. The Morgan fingerprint density at radius 3 is 2.69 bits per heavy atom. The number of carboxylic acids is 1. The number of anilines is 2. The van der Waals surface area contributed by atoms with Crippen molar-refractivity contribution in [1.82, 2.24) is 24.6 Å². The molecule has 0 aromatic carbocycles. The van der Waals surface area contributed by atoms with E-state index in [-0.39, 0.29) is 23.0 Å². The molecule has 0 atom stereocenters. The number of aromatic carboxylic acids is 1. The lowest BCUT2D eigenvalue weighted by atomic mass is 10.3. The highest BCUT2D eigenvalue weighted by molar-refractivity contribution is 5.87. The molecule has 0 fully saturated rings. The van der Waals surface area contributed by atoms with Crippen molar-refractivity contribution in [3.05, 3.63) is 66.2 Å². The van der Waals surface area contributed by atoms with Crippen molar-refractivity contribution in [3.63, 3.8) is 0 Å². The van der Waals surface area contributed by atoms with Crippen molar-refractivity contribution in [2.45, 2.75) is 6.18 Å². The number of fused-ring (bicyclic) bond motifs is 1. The van der Waals surface area contributed by atoms with Crippen LogP contribution in [0.4, 0.5) is 24.7 Å². The van der Waals surface area contributed by atoms with Crippen LogP contribution in [0, 0.1) is 0 Å². The van der Waals surface area contributed by atoms with Gasteiger partial charge in [0, 0.05) is 18.1 Å². The molecule has 0 saturated heterocycles. The van der Waals surface area contributed by atoms with Crippen molar-refractivity contribution in [2.75, 3.05) is 5.32 Å². The molecular weight excluding hydrogens is 389 g/mol. The van der Waals surface area contributed by atoms with Gasteiger partial charge >= 0.3 is 12.1 Å². The van der Waals surface area contributed by atoms with E-state index in [0.29, 0.717) is 11.2 Å². The molecule has 146 valence electrons. The van der Waals surface area contributed by atoms with Crippen LogP contribution in [0.2, 0.25) is 0 Å². The van der Waals surface area contributed by atoms with Gasteiger partial charge in [-0.05, 0) is 36.4 Å². The molecule has 4 aromatic rings. The molecule has 11 heteroatoms. The highest BCUT2D eigenvalue weighted by Gasteiger charge is 2.32. The number of pyridine rings is 2. The van der Waals surface area contributed by atoms with E-state index in [0.717, 1.165) is 6.07 Å². The number of halogens is 3. The predicted molar refractivity (Wildman–Crippen MR) is 95.7 cm³/mol. The van der Waals surface area contributed by atoms with Crippen LogP contribution in [0.1, 0.15) is 16.2 Å². The maximum Gasteiger partial charge on any atom is 0.433 e. The summed E-state index contributed by atoms with van der Waals surface area (Å²) >= 11 is 0. The minimum atomic E-state index is -4.60. The largest absolute Gasteiger partial charge is 0.477 e. The van der Waals surface area contributed by atoms with E-state index in [1.54, 1.807) is 18.3 Å². The predicted octanol–water partition coefficient (Wildman–Crippen LogP) is 3.65. The summed E-state index contributed by atoms with van der Waals surface area (Å²) in [6, 6.07) is 9.70. The number of nitrogens with one attached hydrogen (secondary N) is 1. The minimum absolute atomic E-state index is 0.0326. The van der Waals surface area contributed by atoms with Crippen LogP contribution in [0.25, 0.3) is 17.0 Å². The van der Waals surface area contributed by atoms with E-state index in [1.165, 1.54) is 35.0 Å². The number of rotatable bonds is 4. The van der Waals surface area contributed by atoms with Crippen molar-refractivity contribution in [1.29, 1.82) is 0 Å². The Balaban J connectivity index is 1.79. The fraction of sp³-hybridized carbons (Fsp3) is 0.0556. The SMILES string of the molecule is O=C(O)c1cc(Nc2nc(-c3cccc(C(F)(F)F)n3)nn3cccc23)ccn1. The Kier molecular flexibility index (Phi) is 4.34. The molecule has 4 aromatic heterocycles. The van der Waals surface area contributed by atoms with Crippen molar-refractivity contribution >= 4 is 23.0 Å². The van der Waals surface area contributed by atoms with Gasteiger partial charge in [0.15, 0.2) is 5.82 Å². The lowest BCUT2D eigenvalue weighted by molar-refractivity contribution is -0.141. The van der Waals surface area contributed by atoms with Crippen LogP contribution in [0.15, 0.2) is 54.9 Å². The second kappa shape index (κ2) is 6.86. The summed E-state index contributed by atoms with van der Waals surface area (Å²) < 4.78 is 40.4. The number of hydrogen-bond donors (Lipinski definition) is 2. The summed E-state index contributed by atoms with van der Waals surface area (Å²) in [4.78, 5) is 22.8. The first-order valence-electron chi connectivity index (χ1n) is 8.18. The van der Waals surface area contributed by atoms with Crippen LogP contribution in [0.3, 0.4) is 0 Å². The number of carboxylic acid groups (broad SMARTS) is 1. The zero-order valence-electron chi connectivity index (χ0n) is 14.4. The Morgan fingerprint density at radius 2 is 1.93 bits per heavy atom. The van der Waals surface area contributed by atoms with Crippen molar-refractivity contribution < 1.29 is 23.1 Å². The molecule has 29 heavy (non-hydrogen) atoms. The first kappa shape index (κ1) is 18.3. The second-order valence-corrected chi connectivity index (χ2v) is 5.89. The van der Waals surface area contributed by atoms with E-state index in [4.69, 9.17) is 5.11 Å². The summed E-state index contributed by atoms with van der Waals surface area (Å²) in [5, 5.41) is 16.2. The number of carbonyl (C=O) groups is 1. The third-order valence-electron chi connectivity index (χ3n) is 3.90. The highest BCUT2D eigenvalue weighted by Crippen LogP contribution is 2.29. The summed E-state index contributed by atoms with van der Waals surface area (Å²) in [6.45, 7) is 0. The first-order valence-corrected chi connectivity index (χ1v) is 8.18. The van der Waals surface area contributed by atoms with E-state index in [1.807, 2.05) is 0 Å². The van der Waals surface area contributed by atoms with Gasteiger partial charge in [0.1, 0.15) is 22.6 Å². The quantitative estimate of drug-likeness (QED) is 0.539. The van der Waals surface area contributed by atoms with Crippen LogP contribution in [-0.2, 0) is 6.18 Å². The van der Waals surface area contributed by atoms with Gasteiger partial charge in [-0.25, -0.2) is 24.3 Å². The van der Waals surface area contributed by atoms with E-state index in [9.17, 15) is 18.0 Å². The maximum absolute atomic E-state index is 13.0. The zero-order chi connectivity index (χ0) is 20.6. The van der Waals surface area contributed by atoms with Crippen LogP contribution in [-0.4, -0.2) is 35.6 Å². The fourth-order valence-corrected chi connectivity index (χ4v) is 2.61. The summed E-state index contributed by atoms with van der Waals surface area (Å²) in [5.74, 6) is -0.963. The molecule has 0 unspecified atom stereocenters. The number of hydrogen-bond acceptors (Lipinski definition) is 6. The molecule has 0 saturated carbocycles. The van der Waals surface area contributed by atoms with Crippen LogP contribution in [0.5, 0.6) is 0 Å². The first-order chi connectivity index (χ1) is 13.8. The Hall–Kier alpha value is -4.02. The van der Waals surface area contributed by atoms with Crippen molar-refractivity contribution in [3.8, 4) is 11.5 Å². The topological polar surface area (TPSA) is 105 Å². The van der Waals surface area contributed by atoms with Gasteiger partial charge in [-0.1, -0.05) is 6.07 Å². The molecule has 0 aliphatic heterocycles. The molecule has 0 radical (unpaired) electrons.